The number of halogens is 3. The first kappa shape index (κ1) is 17.4. The van der Waals surface area contributed by atoms with Crippen LogP contribution in [0, 0.1) is 0 Å². The van der Waals surface area contributed by atoms with Gasteiger partial charge < -0.3 is 15.4 Å². The van der Waals surface area contributed by atoms with Gasteiger partial charge in [0.15, 0.2) is 0 Å². The minimum atomic E-state index is -0.563. The molecule has 2 rings (SSSR count). The molecule has 0 saturated heterocycles. The highest BCUT2D eigenvalue weighted by atomic mass is 35.5. The smallest absolute Gasteiger partial charge is 0.337 e. The lowest BCUT2D eigenvalue weighted by Gasteiger charge is -2.10. The molecule has 8 heteroatoms. The molecule has 0 aliphatic carbocycles. The number of urea groups is 1. The lowest BCUT2D eigenvalue weighted by atomic mass is 10.2. The second-order valence-corrected chi connectivity index (χ2v) is 5.70. The van der Waals surface area contributed by atoms with Crippen molar-refractivity contribution in [1.82, 2.24) is 0 Å². The minimum Gasteiger partial charge on any atom is -0.465 e. The van der Waals surface area contributed by atoms with E-state index in [0.717, 1.165) is 0 Å². The van der Waals surface area contributed by atoms with Gasteiger partial charge in [0.2, 0.25) is 0 Å². The normalized spacial score (nSPS) is 10.1. The van der Waals surface area contributed by atoms with E-state index in [9.17, 15) is 9.59 Å². The van der Waals surface area contributed by atoms with Gasteiger partial charge in [-0.3, -0.25) is 0 Å². The van der Waals surface area contributed by atoms with Crippen LogP contribution in [0.2, 0.25) is 15.1 Å². The average Bonchev–Trinajstić information content (AvgIpc) is 2.47. The van der Waals surface area contributed by atoms with Crippen molar-refractivity contribution in [2.24, 2.45) is 0 Å². The lowest BCUT2D eigenvalue weighted by molar-refractivity contribution is 0.0600. The molecule has 0 aliphatic heterocycles. The first-order valence-electron chi connectivity index (χ1n) is 6.31. The molecule has 5 nitrogen and oxygen atoms in total. The van der Waals surface area contributed by atoms with E-state index in [0.29, 0.717) is 15.7 Å². The second-order valence-electron chi connectivity index (χ2n) is 4.42. The first-order valence-corrected chi connectivity index (χ1v) is 7.44. The topological polar surface area (TPSA) is 67.4 Å². The van der Waals surface area contributed by atoms with Crippen LogP contribution in [0.3, 0.4) is 0 Å². The quantitative estimate of drug-likeness (QED) is 0.737. The lowest BCUT2D eigenvalue weighted by Crippen LogP contribution is -2.20. The molecule has 0 bridgehead atoms. The molecule has 0 spiro atoms. The van der Waals surface area contributed by atoms with E-state index in [4.69, 9.17) is 34.8 Å². The van der Waals surface area contributed by atoms with Crippen LogP contribution in [-0.2, 0) is 4.74 Å². The van der Waals surface area contributed by atoms with E-state index < -0.39 is 12.0 Å². The maximum atomic E-state index is 12.0. The van der Waals surface area contributed by atoms with Crippen molar-refractivity contribution in [3.8, 4) is 0 Å². The molecule has 0 aliphatic rings. The monoisotopic (exact) mass is 372 g/mol. The van der Waals surface area contributed by atoms with Crippen LogP contribution in [0.1, 0.15) is 10.4 Å². The summed E-state index contributed by atoms with van der Waals surface area (Å²) < 4.78 is 4.62. The number of esters is 1. The van der Waals surface area contributed by atoms with Gasteiger partial charge in [-0.2, -0.15) is 0 Å². The van der Waals surface area contributed by atoms with Crippen molar-refractivity contribution in [2.75, 3.05) is 17.7 Å². The van der Waals surface area contributed by atoms with E-state index >= 15 is 0 Å². The Morgan fingerprint density at radius 2 is 1.61 bits per heavy atom. The zero-order chi connectivity index (χ0) is 17.0. The van der Waals surface area contributed by atoms with Crippen molar-refractivity contribution in [3.05, 3.63) is 57.0 Å². The molecular formula is C15H11Cl3N2O3. The molecule has 2 amide bonds. The zero-order valence-corrected chi connectivity index (χ0v) is 14.1. The summed E-state index contributed by atoms with van der Waals surface area (Å²) >= 11 is 17.7. The molecule has 0 saturated carbocycles. The summed E-state index contributed by atoms with van der Waals surface area (Å²) in [6, 6.07) is 8.46. The molecule has 23 heavy (non-hydrogen) atoms. The van der Waals surface area contributed by atoms with Crippen molar-refractivity contribution in [2.45, 2.75) is 0 Å². The number of nitrogens with one attached hydrogen (secondary N) is 2. The van der Waals surface area contributed by atoms with E-state index in [1.807, 2.05) is 0 Å². The van der Waals surface area contributed by atoms with Crippen molar-refractivity contribution in [1.29, 1.82) is 0 Å². The molecule has 0 atom stereocenters. The minimum absolute atomic E-state index is 0.262. The molecule has 2 N–H and O–H groups in total. The number of rotatable bonds is 3. The molecule has 0 fully saturated rings. The Kier molecular flexibility index (Phi) is 5.71. The number of hydrogen-bond acceptors (Lipinski definition) is 3. The van der Waals surface area contributed by atoms with Crippen molar-refractivity contribution < 1.29 is 14.3 Å². The molecule has 0 unspecified atom stereocenters. The van der Waals surface area contributed by atoms with Crippen LogP contribution in [0.15, 0.2) is 36.4 Å². The number of amides is 2. The summed E-state index contributed by atoms with van der Waals surface area (Å²) in [4.78, 5) is 23.5. The highest BCUT2D eigenvalue weighted by molar-refractivity contribution is 6.35. The summed E-state index contributed by atoms with van der Waals surface area (Å²) in [5, 5.41) is 6.16. The van der Waals surface area contributed by atoms with Crippen molar-refractivity contribution in [3.63, 3.8) is 0 Å². The molecule has 2 aromatic rings. The molecule has 2 aromatic carbocycles. The number of hydrogen-bond donors (Lipinski definition) is 2. The Morgan fingerprint density at radius 3 is 2.22 bits per heavy atom. The van der Waals surface area contributed by atoms with E-state index in [1.54, 1.807) is 18.2 Å². The number of anilines is 2. The summed E-state index contributed by atoms with van der Waals surface area (Å²) in [5.74, 6) is -0.535. The Hall–Kier alpha value is -1.95. The summed E-state index contributed by atoms with van der Waals surface area (Å²) in [5.41, 5.74) is 0.943. The van der Waals surface area contributed by atoms with Gasteiger partial charge in [-0.1, -0.05) is 34.8 Å². The third kappa shape index (κ3) is 4.76. The summed E-state index contributed by atoms with van der Waals surface area (Å²) in [7, 11) is 1.26. The average molecular weight is 374 g/mol. The van der Waals surface area contributed by atoms with Gasteiger partial charge in [-0.15, -0.1) is 0 Å². The SMILES string of the molecule is COC(=O)c1ccc(Cl)c(NC(=O)Nc2cc(Cl)cc(Cl)c2)c1. The molecule has 0 aromatic heterocycles. The van der Waals surface area contributed by atoms with Gasteiger partial charge in [0.05, 0.1) is 23.4 Å². The molecular weight excluding hydrogens is 363 g/mol. The fourth-order valence-corrected chi connectivity index (χ4v) is 2.47. The van der Waals surface area contributed by atoms with Crippen LogP contribution in [0.25, 0.3) is 0 Å². The Labute approximate surface area is 147 Å². The predicted octanol–water partition coefficient (Wildman–Crippen LogP) is 5.08. The number of carbonyl (C=O) groups excluding carboxylic acids is 2. The van der Waals surface area contributed by atoms with Gasteiger partial charge in [0, 0.05) is 15.7 Å². The third-order valence-corrected chi connectivity index (χ3v) is 3.52. The number of ether oxygens (including phenoxy) is 1. The third-order valence-electron chi connectivity index (χ3n) is 2.76. The molecule has 0 radical (unpaired) electrons. The molecule has 0 heterocycles. The summed E-state index contributed by atoms with van der Waals surface area (Å²) in [6.45, 7) is 0. The van der Waals surface area contributed by atoms with E-state index in [-0.39, 0.29) is 16.3 Å². The number of carbonyl (C=O) groups is 2. The Morgan fingerprint density at radius 1 is 0.957 bits per heavy atom. The standard InChI is InChI=1S/C15H11Cl3N2O3/c1-23-14(21)8-2-3-12(18)13(4-8)20-15(22)19-11-6-9(16)5-10(17)7-11/h2-7H,1H3,(H2,19,20,22). The van der Waals surface area contributed by atoms with Crippen LogP contribution >= 0.6 is 34.8 Å². The zero-order valence-electron chi connectivity index (χ0n) is 11.8. The maximum Gasteiger partial charge on any atom is 0.337 e. The Bertz CT molecular complexity index is 745. The van der Waals surface area contributed by atoms with Crippen molar-refractivity contribution >= 4 is 58.2 Å². The van der Waals surface area contributed by atoms with E-state index in [1.165, 1.54) is 25.3 Å². The van der Waals surface area contributed by atoms with Gasteiger partial charge in [-0.05, 0) is 36.4 Å². The highest BCUT2D eigenvalue weighted by Gasteiger charge is 2.11. The summed E-state index contributed by atoms with van der Waals surface area (Å²) in [6.07, 6.45) is 0. The highest BCUT2D eigenvalue weighted by Crippen LogP contribution is 2.25. The van der Waals surface area contributed by atoms with Gasteiger partial charge >= 0.3 is 12.0 Å². The predicted molar refractivity (Wildman–Crippen MR) is 91.9 cm³/mol. The first-order chi connectivity index (χ1) is 10.9. The largest absolute Gasteiger partial charge is 0.465 e. The Balaban J connectivity index is 2.15. The fraction of sp³-hybridized carbons (Fsp3) is 0.0667. The van der Waals surface area contributed by atoms with Crippen LogP contribution in [0.5, 0.6) is 0 Å². The number of benzene rings is 2. The van der Waals surface area contributed by atoms with Gasteiger partial charge in [-0.25, -0.2) is 9.59 Å². The van der Waals surface area contributed by atoms with Gasteiger partial charge in [0.25, 0.3) is 0 Å². The molecule has 120 valence electrons. The fourth-order valence-electron chi connectivity index (χ4n) is 1.78. The van der Waals surface area contributed by atoms with Gasteiger partial charge in [0.1, 0.15) is 0 Å². The number of methoxy groups -OCH3 is 1. The van der Waals surface area contributed by atoms with E-state index in [2.05, 4.69) is 15.4 Å². The van der Waals surface area contributed by atoms with Crippen LogP contribution in [-0.4, -0.2) is 19.1 Å². The van der Waals surface area contributed by atoms with Crippen LogP contribution in [0.4, 0.5) is 16.2 Å². The maximum absolute atomic E-state index is 12.0. The second kappa shape index (κ2) is 7.55. The van der Waals surface area contributed by atoms with Crippen LogP contribution < -0.4 is 10.6 Å².